The third-order valence-corrected chi connectivity index (χ3v) is 5.46. The third kappa shape index (κ3) is 3.08. The molecule has 5 nitrogen and oxygen atoms in total. The number of fused-ring (bicyclic) bond motifs is 1. The van der Waals surface area contributed by atoms with Gasteiger partial charge in [-0.15, -0.1) is 0 Å². The van der Waals surface area contributed by atoms with Gasteiger partial charge in [0.05, 0.1) is 18.0 Å². The molecule has 0 atom stereocenters. The molecule has 1 aromatic heterocycles. The number of nitrogens with zero attached hydrogens (tertiary/aromatic N) is 4. The van der Waals surface area contributed by atoms with Crippen LogP contribution in [-0.4, -0.2) is 23.1 Å². The van der Waals surface area contributed by atoms with Crippen LogP contribution in [0.25, 0.3) is 10.6 Å². The highest BCUT2D eigenvalue weighted by Gasteiger charge is 2.24. The van der Waals surface area contributed by atoms with Crippen molar-refractivity contribution < 1.29 is 4.74 Å². The lowest BCUT2D eigenvalue weighted by atomic mass is 10.2. The minimum atomic E-state index is 0.781. The molecule has 0 N–H and O–H groups in total. The number of aromatic nitrogens is 2. The van der Waals surface area contributed by atoms with Gasteiger partial charge in [0.1, 0.15) is 22.8 Å². The van der Waals surface area contributed by atoms with Crippen LogP contribution in [0.15, 0.2) is 79.1 Å². The highest BCUT2D eigenvalue weighted by molar-refractivity contribution is 7.09. The number of hydrogen-bond acceptors (Lipinski definition) is 6. The van der Waals surface area contributed by atoms with Crippen LogP contribution in [0.2, 0.25) is 0 Å². The molecule has 1 aliphatic heterocycles. The molecule has 0 saturated carbocycles. The van der Waals surface area contributed by atoms with Crippen LogP contribution in [-0.2, 0) is 0 Å². The fourth-order valence-electron chi connectivity index (χ4n) is 3.44. The molecule has 2 heterocycles. The summed E-state index contributed by atoms with van der Waals surface area (Å²) in [5.74, 6) is 1.59. The Balaban J connectivity index is 1.42. The van der Waals surface area contributed by atoms with Crippen molar-refractivity contribution in [2.24, 2.45) is 0 Å². The fourth-order valence-corrected chi connectivity index (χ4v) is 3.97. The molecule has 0 bridgehead atoms. The van der Waals surface area contributed by atoms with E-state index in [-0.39, 0.29) is 0 Å². The lowest BCUT2D eigenvalue weighted by molar-refractivity contribution is 0.483. The van der Waals surface area contributed by atoms with E-state index < -0.39 is 0 Å². The molecular weight excluding hydrogens is 368 g/mol. The van der Waals surface area contributed by atoms with E-state index in [0.29, 0.717) is 0 Å². The summed E-state index contributed by atoms with van der Waals surface area (Å²) in [4.78, 5) is 8.81. The Morgan fingerprint density at radius 3 is 2.50 bits per heavy atom. The predicted octanol–water partition coefficient (Wildman–Crippen LogP) is 5.54. The van der Waals surface area contributed by atoms with Gasteiger partial charge in [-0.05, 0) is 47.9 Å². The summed E-state index contributed by atoms with van der Waals surface area (Å²) in [6, 6.07) is 24.6. The van der Waals surface area contributed by atoms with Crippen molar-refractivity contribution in [1.29, 1.82) is 0 Å². The van der Waals surface area contributed by atoms with E-state index in [1.165, 1.54) is 22.9 Å². The number of benzene rings is 3. The Morgan fingerprint density at radius 2 is 1.68 bits per heavy atom. The molecule has 0 radical (unpaired) electrons. The van der Waals surface area contributed by atoms with Gasteiger partial charge in [-0.2, -0.15) is 4.37 Å². The van der Waals surface area contributed by atoms with Crippen LogP contribution >= 0.6 is 11.5 Å². The first-order valence-electron chi connectivity index (χ1n) is 9.01. The van der Waals surface area contributed by atoms with Crippen LogP contribution in [0.1, 0.15) is 0 Å². The van der Waals surface area contributed by atoms with E-state index in [9.17, 15) is 0 Å². The zero-order valence-electron chi connectivity index (χ0n) is 15.3. The minimum absolute atomic E-state index is 0.781. The Morgan fingerprint density at radius 1 is 0.893 bits per heavy atom. The summed E-state index contributed by atoms with van der Waals surface area (Å²) in [5, 5.41) is 0.885. The third-order valence-electron chi connectivity index (χ3n) is 4.74. The Hall–Kier alpha value is -3.38. The van der Waals surface area contributed by atoms with Crippen molar-refractivity contribution in [3.8, 4) is 22.1 Å². The van der Waals surface area contributed by atoms with E-state index in [1.54, 1.807) is 6.33 Å². The fraction of sp³-hybridized carbons (Fsp3) is 0.0909. The highest BCUT2D eigenvalue weighted by atomic mass is 32.1. The Kier molecular flexibility index (Phi) is 4.18. The Labute approximate surface area is 167 Å². The van der Waals surface area contributed by atoms with Crippen LogP contribution in [0.3, 0.4) is 0 Å². The molecule has 28 heavy (non-hydrogen) atoms. The highest BCUT2D eigenvalue weighted by Crippen LogP contribution is 2.40. The molecule has 0 unspecified atom stereocenters. The first kappa shape index (κ1) is 16.8. The van der Waals surface area contributed by atoms with Crippen LogP contribution in [0.5, 0.6) is 11.5 Å². The van der Waals surface area contributed by atoms with Gasteiger partial charge in [-0.1, -0.05) is 30.3 Å². The molecule has 3 aromatic carbocycles. The largest absolute Gasteiger partial charge is 0.457 e. The molecule has 6 heteroatoms. The van der Waals surface area contributed by atoms with Crippen molar-refractivity contribution in [3.05, 3.63) is 79.1 Å². The summed E-state index contributed by atoms with van der Waals surface area (Å²) < 4.78 is 10.2. The van der Waals surface area contributed by atoms with E-state index in [2.05, 4.69) is 62.6 Å². The van der Waals surface area contributed by atoms with Gasteiger partial charge in [0.25, 0.3) is 0 Å². The van der Waals surface area contributed by atoms with Gasteiger partial charge in [-0.25, -0.2) is 4.98 Å². The molecule has 138 valence electrons. The molecule has 5 rings (SSSR count). The van der Waals surface area contributed by atoms with Gasteiger partial charge >= 0.3 is 0 Å². The molecule has 0 aliphatic carbocycles. The lowest BCUT2D eigenvalue weighted by Gasteiger charge is -2.20. The topological polar surface area (TPSA) is 41.5 Å². The van der Waals surface area contributed by atoms with Crippen molar-refractivity contribution in [2.75, 3.05) is 23.5 Å². The van der Waals surface area contributed by atoms with Crippen molar-refractivity contribution in [1.82, 2.24) is 9.36 Å². The van der Waals surface area contributed by atoms with Gasteiger partial charge in [0, 0.05) is 24.4 Å². The minimum Gasteiger partial charge on any atom is -0.457 e. The van der Waals surface area contributed by atoms with E-state index >= 15 is 0 Å². The predicted molar refractivity (Wildman–Crippen MR) is 114 cm³/mol. The van der Waals surface area contributed by atoms with Crippen LogP contribution in [0, 0.1) is 0 Å². The van der Waals surface area contributed by atoms with Gasteiger partial charge < -0.3 is 14.5 Å². The number of ether oxygens (including phenoxy) is 1. The van der Waals surface area contributed by atoms with Gasteiger partial charge in [0.15, 0.2) is 0 Å². The van der Waals surface area contributed by atoms with Crippen molar-refractivity contribution in [3.63, 3.8) is 0 Å². The molecule has 0 amide bonds. The van der Waals surface area contributed by atoms with Crippen LogP contribution < -0.4 is 14.5 Å². The molecule has 0 spiro atoms. The quantitative estimate of drug-likeness (QED) is 0.460. The summed E-state index contributed by atoms with van der Waals surface area (Å²) in [6.45, 7) is 0.815. The second-order valence-corrected chi connectivity index (χ2v) is 7.41. The second-order valence-electron chi connectivity index (χ2n) is 6.63. The van der Waals surface area contributed by atoms with Gasteiger partial charge in [0.2, 0.25) is 0 Å². The maximum absolute atomic E-state index is 6.15. The normalized spacial score (nSPS) is 12.9. The van der Waals surface area contributed by atoms with Gasteiger partial charge in [-0.3, -0.25) is 0 Å². The molecule has 1 aliphatic rings. The van der Waals surface area contributed by atoms with Crippen LogP contribution in [0.4, 0.5) is 17.1 Å². The maximum Gasteiger partial charge on any atom is 0.143 e. The lowest BCUT2D eigenvalue weighted by Crippen LogP contribution is -2.23. The maximum atomic E-state index is 6.15. The monoisotopic (exact) mass is 386 g/mol. The van der Waals surface area contributed by atoms with E-state index in [1.807, 2.05) is 36.4 Å². The molecular formula is C22H18N4OS. The second kappa shape index (κ2) is 6.98. The zero-order chi connectivity index (χ0) is 18.9. The Bertz CT molecular complexity index is 1110. The summed E-state index contributed by atoms with van der Waals surface area (Å²) in [5.41, 5.74) is 4.56. The number of anilines is 3. The summed E-state index contributed by atoms with van der Waals surface area (Å²) in [6.07, 6.45) is 1.57. The van der Waals surface area contributed by atoms with Crippen molar-refractivity contribution >= 4 is 28.6 Å². The summed E-state index contributed by atoms with van der Waals surface area (Å²) >= 11 is 1.38. The first-order chi connectivity index (χ1) is 13.8. The van der Waals surface area contributed by atoms with E-state index in [4.69, 9.17) is 4.74 Å². The number of rotatable bonds is 4. The zero-order valence-corrected chi connectivity index (χ0v) is 16.1. The molecule has 4 aromatic rings. The summed E-state index contributed by atoms with van der Waals surface area (Å²) in [7, 11) is 2.11. The first-order valence-corrected chi connectivity index (χ1v) is 9.78. The molecule has 0 fully saturated rings. The SMILES string of the molecule is CN1CN(c2cccc(Oc3cccc(-c4ncns4)c3)c2)c2ccccc21. The van der Waals surface area contributed by atoms with E-state index in [0.717, 1.165) is 34.4 Å². The average Bonchev–Trinajstić information content (AvgIpc) is 3.38. The average molecular weight is 386 g/mol. The number of hydrogen-bond donors (Lipinski definition) is 0. The number of para-hydroxylation sites is 2. The standard InChI is InChI=1S/C22H18N4OS/c1-25-15-26(21-11-3-2-10-20(21)25)17-7-5-9-19(13-17)27-18-8-4-6-16(12-18)22-23-14-24-28-22/h2-14H,15H2,1H3. The molecule has 0 saturated heterocycles. The van der Waals surface area contributed by atoms with Crippen molar-refractivity contribution in [2.45, 2.75) is 0 Å². The smallest absolute Gasteiger partial charge is 0.143 e.